The summed E-state index contributed by atoms with van der Waals surface area (Å²) in [6.45, 7) is 3.98. The van der Waals surface area contributed by atoms with Crippen molar-refractivity contribution in [2.24, 2.45) is 28.6 Å². The van der Waals surface area contributed by atoms with Gasteiger partial charge in [-0.25, -0.2) is 0 Å². The Labute approximate surface area is 237 Å². The van der Waals surface area contributed by atoms with Crippen LogP contribution in [0.25, 0.3) is 0 Å². The van der Waals surface area contributed by atoms with Crippen molar-refractivity contribution in [3.8, 4) is 0 Å². The van der Waals surface area contributed by atoms with E-state index in [0.29, 0.717) is 19.2 Å². The van der Waals surface area contributed by atoms with Gasteiger partial charge in [0.05, 0.1) is 0 Å². The van der Waals surface area contributed by atoms with E-state index < -0.39 is 6.51 Å². The van der Waals surface area contributed by atoms with Crippen molar-refractivity contribution in [3.63, 3.8) is 0 Å². The van der Waals surface area contributed by atoms with Gasteiger partial charge in [-0.1, -0.05) is 0 Å². The van der Waals surface area contributed by atoms with E-state index in [1.54, 1.807) is 19.3 Å². The molecule has 0 aromatic carbocycles. The Hall–Kier alpha value is -0.461. The first-order valence-electron chi connectivity index (χ1n) is 16.7. The summed E-state index contributed by atoms with van der Waals surface area (Å²) >= 11 is 0. The predicted octanol–water partition coefficient (Wildman–Crippen LogP) is 8.39. The molecule has 14 fully saturated rings. The van der Waals surface area contributed by atoms with Crippen molar-refractivity contribution in [2.75, 3.05) is 0 Å². The normalized spacial score (nSPS) is 73.9. The van der Waals surface area contributed by atoms with Gasteiger partial charge in [-0.05, 0) is 0 Å². The Morgan fingerprint density at radius 2 is 1.15 bits per heavy atom. The molecule has 216 valence electrons. The third kappa shape index (κ3) is 0.553. The molecule has 0 amide bonds. The zero-order valence-electron chi connectivity index (χ0n) is 24.4. The fraction of sp³-hybridized carbons (Fsp3) is 0.765. The molecule has 0 N–H and O–H groups in total. The van der Waals surface area contributed by atoms with Crippen molar-refractivity contribution in [1.29, 1.82) is 0 Å². The summed E-state index contributed by atoms with van der Waals surface area (Å²) in [4.78, 5) is 29.5. The minimum atomic E-state index is -4.17. The molecule has 0 radical (unpaired) electrons. The summed E-state index contributed by atoms with van der Waals surface area (Å²) in [5.41, 5.74) is 3.17. The Bertz CT molecular complexity index is 2020. The predicted molar refractivity (Wildman–Crippen MR) is 162 cm³/mol. The first-order chi connectivity index (χ1) is 19.4. The summed E-state index contributed by atoms with van der Waals surface area (Å²) in [7, 11) is 7.59. The number of rotatable bonds is 5. The molecule has 8 unspecified atom stereocenters. The van der Waals surface area contributed by atoms with Crippen LogP contribution in [0.1, 0.15) is 70.7 Å². The molecular weight excluding hydrogens is 582 g/mol. The number of nitrogens with zero attached hydrogens (tertiary/aromatic N) is 4. The van der Waals surface area contributed by atoms with E-state index >= 15 is 0 Å². The Balaban J connectivity index is 1.12. The number of hydrogen-bond acceptors (Lipinski definition) is 4. The van der Waals surface area contributed by atoms with Crippen LogP contribution < -0.4 is 0 Å². The molecule has 4 bridgehead atoms. The Morgan fingerprint density at radius 1 is 0.683 bits per heavy atom. The van der Waals surface area contributed by atoms with Crippen LogP contribution in [0.3, 0.4) is 0 Å². The van der Waals surface area contributed by atoms with Crippen LogP contribution >= 0.6 is 18.5 Å². The van der Waals surface area contributed by atoms with Crippen LogP contribution in [-0.2, 0) is 11.7 Å². The van der Waals surface area contributed by atoms with Gasteiger partial charge < -0.3 is 0 Å². The fourth-order valence-electron chi connectivity index (χ4n) is 26.7. The van der Waals surface area contributed by atoms with Crippen molar-refractivity contribution < 1.29 is 6.51 Å². The van der Waals surface area contributed by atoms with Crippen LogP contribution in [0.5, 0.6) is 0 Å². The zero-order chi connectivity index (χ0) is 27.1. The van der Waals surface area contributed by atoms with E-state index in [2.05, 4.69) is 51.6 Å². The van der Waals surface area contributed by atoms with Gasteiger partial charge in [0.2, 0.25) is 0 Å². The van der Waals surface area contributed by atoms with E-state index in [4.69, 9.17) is 19.9 Å². The molecule has 16 rings (SSSR count). The summed E-state index contributed by atoms with van der Waals surface area (Å²) in [5.74, 6) is 2.98. The molecule has 8 atom stereocenters. The maximum atomic E-state index is 5.25. The molecule has 4 aliphatic carbocycles. The van der Waals surface area contributed by atoms with E-state index in [0.717, 1.165) is 27.4 Å². The minimum absolute atomic E-state index is 0.241. The average molecular weight is 625 g/mol. The molecule has 14 aliphatic rings. The molecule has 2 aromatic heterocycles. The fourth-order valence-corrected chi connectivity index (χ4v) is 111. The third-order valence-corrected chi connectivity index (χ3v) is 70.6. The summed E-state index contributed by atoms with van der Waals surface area (Å²) in [6, 6.07) is 0. The van der Waals surface area contributed by atoms with Gasteiger partial charge in [0, 0.05) is 0 Å². The Kier molecular flexibility index (Phi) is 1.66. The van der Waals surface area contributed by atoms with E-state index in [9.17, 15) is 0 Å². The Morgan fingerprint density at radius 3 is 1.51 bits per heavy atom. The van der Waals surface area contributed by atoms with Crippen LogP contribution in [0.2, 0.25) is 47.2 Å². The summed E-state index contributed by atoms with van der Waals surface area (Å²) < 4.78 is 0.999. The maximum absolute atomic E-state index is 5.25. The summed E-state index contributed by atoms with van der Waals surface area (Å²) in [5, 5.41) is 0.0781. The molecule has 12 heterocycles. The van der Waals surface area contributed by atoms with Crippen molar-refractivity contribution in [3.05, 3.63) is 48.6 Å². The molecule has 10 aliphatic heterocycles. The molecule has 41 heavy (non-hydrogen) atoms. The standard InChI is InChI=1S/C29H37N4P2.C5H5.Fe/c1-26(2,3)29(35,27-14-19-11-20(15-27)13-21(12-19)16-27)23-6-4-5-22(23)28(34,24-17-30-7-9-32-24)25-18-31-8-10-33-25;1-2-4-5-3-1;/h4-10,17-21H,11-16,34-35H2,1-3H3;1-5H;. The molecule has 1 spiro atoms. The second-order valence-corrected chi connectivity index (χ2v) is 45.9. The quantitative estimate of drug-likeness (QED) is 0.248. The van der Waals surface area contributed by atoms with Crippen molar-refractivity contribution >= 4 is 18.5 Å². The second-order valence-electron chi connectivity index (χ2n) is 21.0. The third-order valence-electron chi connectivity index (χ3n) is 24.0. The van der Waals surface area contributed by atoms with Crippen molar-refractivity contribution in [1.82, 2.24) is 19.9 Å². The molecule has 2 aromatic rings. The van der Waals surface area contributed by atoms with Gasteiger partial charge in [-0.15, -0.1) is 0 Å². The SMILES string of the molecule is CC(C)(C)C(P)(C12CC3CC(CC(C3)C1)C2)[C]12[CH]3[CH]4[CH]5[C]1(C(P)(c1cnccn1)c1cnccn1)[Fe]45321678[CH]2[CH]1[CH]6[CH]7[CH]28. The average Bonchev–Trinajstić information content (AvgIpc) is 3.90. The second kappa shape index (κ2) is 3.20. The number of hydrogen-bond donors (Lipinski definition) is 0. The van der Waals surface area contributed by atoms with Gasteiger partial charge >= 0.3 is 239 Å². The van der Waals surface area contributed by atoms with Gasteiger partial charge in [-0.3, -0.25) is 0 Å². The topological polar surface area (TPSA) is 51.6 Å². The van der Waals surface area contributed by atoms with Gasteiger partial charge in [0.15, 0.2) is 0 Å². The van der Waals surface area contributed by atoms with Crippen LogP contribution in [0.4, 0.5) is 0 Å². The van der Waals surface area contributed by atoms with Crippen LogP contribution in [0.15, 0.2) is 37.2 Å². The molecule has 7 heteroatoms. The molecular formula is C34H42FeN4P2. The number of fused-ring (bicyclic) bond motifs is 10. The van der Waals surface area contributed by atoms with Gasteiger partial charge in [-0.2, -0.15) is 0 Å². The monoisotopic (exact) mass is 624 g/mol. The first kappa shape index (κ1) is 21.3. The van der Waals surface area contributed by atoms with Crippen LogP contribution in [0, 0.1) is 28.6 Å². The zero-order valence-corrected chi connectivity index (χ0v) is 27.8. The van der Waals surface area contributed by atoms with E-state index in [1.165, 1.54) is 59.5 Å². The van der Waals surface area contributed by atoms with E-state index in [-0.39, 0.29) is 10.6 Å². The van der Waals surface area contributed by atoms with E-state index in [1.807, 2.05) is 24.8 Å². The first-order valence-corrected chi connectivity index (χ1v) is 24.1. The molecule has 4 saturated carbocycles. The number of aromatic nitrogens is 4. The van der Waals surface area contributed by atoms with Crippen molar-refractivity contribution in [2.45, 2.75) is 117 Å². The molecule has 10 saturated heterocycles. The molecule has 4 nitrogen and oxygen atoms in total. The van der Waals surface area contributed by atoms with Gasteiger partial charge in [0.25, 0.3) is 0 Å². The van der Waals surface area contributed by atoms with Gasteiger partial charge in [0.1, 0.15) is 0 Å². The summed E-state index contributed by atoms with van der Waals surface area (Å²) in [6.07, 6.45) is 21.2. The van der Waals surface area contributed by atoms with Crippen LogP contribution in [-0.4, -0.2) is 25.1 Å².